The van der Waals surface area contributed by atoms with Crippen LogP contribution in [0.2, 0.25) is 0 Å². The highest BCUT2D eigenvalue weighted by molar-refractivity contribution is 5.78. The molecule has 0 bridgehead atoms. The van der Waals surface area contributed by atoms with Crippen LogP contribution in [0.4, 0.5) is 13.2 Å². The van der Waals surface area contributed by atoms with Gasteiger partial charge in [-0.25, -0.2) is 0 Å². The SMILES string of the molecule is Cc1nn(C)c(C)c1CCNC(=O)C1CCN(CC(F)(F)F)CC1. The molecular formula is C16H25F3N4O. The van der Waals surface area contributed by atoms with E-state index >= 15 is 0 Å². The fraction of sp³-hybridized carbons (Fsp3) is 0.750. The van der Waals surface area contributed by atoms with Crippen LogP contribution in [0.15, 0.2) is 0 Å². The molecule has 1 aliphatic heterocycles. The van der Waals surface area contributed by atoms with Crippen LogP contribution in [0.25, 0.3) is 0 Å². The molecule has 0 aliphatic carbocycles. The Balaban J connectivity index is 1.74. The minimum Gasteiger partial charge on any atom is -0.356 e. The van der Waals surface area contributed by atoms with E-state index in [2.05, 4.69) is 10.4 Å². The van der Waals surface area contributed by atoms with Crippen molar-refractivity contribution in [2.45, 2.75) is 39.3 Å². The maximum atomic E-state index is 12.4. The molecule has 1 N–H and O–H groups in total. The van der Waals surface area contributed by atoms with Crippen LogP contribution < -0.4 is 5.32 Å². The molecule has 136 valence electrons. The Morgan fingerprint density at radius 3 is 2.42 bits per heavy atom. The van der Waals surface area contributed by atoms with Crippen LogP contribution in [0, 0.1) is 19.8 Å². The Morgan fingerprint density at radius 1 is 1.29 bits per heavy atom. The van der Waals surface area contributed by atoms with Crippen molar-refractivity contribution in [3.05, 3.63) is 17.0 Å². The average Bonchev–Trinajstić information content (AvgIpc) is 2.72. The summed E-state index contributed by atoms with van der Waals surface area (Å²) in [5.74, 6) is -0.244. The number of amides is 1. The number of aryl methyl sites for hydroxylation is 2. The van der Waals surface area contributed by atoms with Gasteiger partial charge >= 0.3 is 6.18 Å². The molecule has 0 atom stereocenters. The van der Waals surface area contributed by atoms with Crippen molar-refractivity contribution in [3.63, 3.8) is 0 Å². The van der Waals surface area contributed by atoms with E-state index in [1.54, 1.807) is 0 Å². The summed E-state index contributed by atoms with van der Waals surface area (Å²) in [7, 11) is 1.89. The number of aromatic nitrogens is 2. The highest BCUT2D eigenvalue weighted by atomic mass is 19.4. The molecule has 0 spiro atoms. The maximum Gasteiger partial charge on any atom is 0.401 e. The Kier molecular flexibility index (Phi) is 5.90. The molecule has 0 aromatic carbocycles. The van der Waals surface area contributed by atoms with E-state index < -0.39 is 12.7 Å². The molecule has 1 aromatic heterocycles. The number of carbonyl (C=O) groups is 1. The number of nitrogens with zero attached hydrogens (tertiary/aromatic N) is 3. The predicted octanol–water partition coefficient (Wildman–Crippen LogP) is 1.97. The summed E-state index contributed by atoms with van der Waals surface area (Å²) in [4.78, 5) is 13.5. The van der Waals surface area contributed by atoms with Crippen molar-refractivity contribution in [3.8, 4) is 0 Å². The Hall–Kier alpha value is -1.57. The zero-order chi connectivity index (χ0) is 17.9. The number of carbonyl (C=O) groups excluding carboxylic acids is 1. The number of hydrogen-bond donors (Lipinski definition) is 1. The quantitative estimate of drug-likeness (QED) is 0.887. The van der Waals surface area contributed by atoms with Crippen LogP contribution in [0.5, 0.6) is 0 Å². The van der Waals surface area contributed by atoms with Gasteiger partial charge in [0.2, 0.25) is 5.91 Å². The van der Waals surface area contributed by atoms with E-state index in [4.69, 9.17) is 0 Å². The number of piperidine rings is 1. The predicted molar refractivity (Wildman–Crippen MR) is 84.6 cm³/mol. The second-order valence-electron chi connectivity index (χ2n) is 6.48. The summed E-state index contributed by atoms with van der Waals surface area (Å²) in [5.41, 5.74) is 3.18. The molecule has 1 fully saturated rings. The van der Waals surface area contributed by atoms with Crippen molar-refractivity contribution >= 4 is 5.91 Å². The van der Waals surface area contributed by atoms with Gasteiger partial charge in [-0.15, -0.1) is 0 Å². The Bertz CT molecular complexity index is 575. The molecular weight excluding hydrogens is 321 g/mol. The first-order chi connectivity index (χ1) is 11.2. The summed E-state index contributed by atoms with van der Waals surface area (Å²) in [6, 6.07) is 0. The molecule has 1 amide bonds. The van der Waals surface area contributed by atoms with E-state index in [1.807, 2.05) is 25.6 Å². The number of likely N-dealkylation sites (tertiary alicyclic amines) is 1. The second kappa shape index (κ2) is 7.55. The number of halogens is 3. The van der Waals surface area contributed by atoms with Gasteiger partial charge in [0.05, 0.1) is 12.2 Å². The van der Waals surface area contributed by atoms with E-state index in [0.29, 0.717) is 38.9 Å². The summed E-state index contributed by atoms with van der Waals surface area (Å²) in [6.45, 7) is 4.21. The normalized spacial score (nSPS) is 17.2. The van der Waals surface area contributed by atoms with Gasteiger partial charge in [0.25, 0.3) is 0 Å². The molecule has 1 saturated heterocycles. The lowest BCUT2D eigenvalue weighted by Gasteiger charge is -2.31. The van der Waals surface area contributed by atoms with E-state index in [0.717, 1.165) is 17.0 Å². The van der Waals surface area contributed by atoms with Gasteiger partial charge in [-0.1, -0.05) is 0 Å². The minimum atomic E-state index is -4.17. The zero-order valence-corrected chi connectivity index (χ0v) is 14.4. The van der Waals surface area contributed by atoms with Crippen molar-refractivity contribution in [2.75, 3.05) is 26.2 Å². The van der Waals surface area contributed by atoms with E-state index in [-0.39, 0.29) is 11.8 Å². The minimum absolute atomic E-state index is 0.0548. The summed E-state index contributed by atoms with van der Waals surface area (Å²) >= 11 is 0. The largest absolute Gasteiger partial charge is 0.401 e. The topological polar surface area (TPSA) is 50.2 Å². The average molecular weight is 346 g/mol. The fourth-order valence-electron chi connectivity index (χ4n) is 3.24. The number of hydrogen-bond acceptors (Lipinski definition) is 3. The lowest BCUT2D eigenvalue weighted by Crippen LogP contribution is -2.44. The van der Waals surface area contributed by atoms with Crippen molar-refractivity contribution in [1.82, 2.24) is 20.0 Å². The standard InChI is InChI=1S/C16H25F3N4O/c1-11-14(12(2)22(3)21-11)4-7-20-15(24)13-5-8-23(9-6-13)10-16(17,18)19/h13H,4-10H2,1-3H3,(H,20,24). The molecule has 2 rings (SSSR count). The first-order valence-electron chi connectivity index (χ1n) is 8.23. The zero-order valence-electron chi connectivity index (χ0n) is 14.4. The first kappa shape index (κ1) is 18.8. The van der Waals surface area contributed by atoms with Crippen LogP contribution in [-0.4, -0.2) is 52.9 Å². The number of nitrogens with one attached hydrogen (secondary N) is 1. The molecule has 1 aliphatic rings. The third kappa shape index (κ3) is 4.96. The molecule has 0 saturated carbocycles. The number of alkyl halides is 3. The van der Waals surface area contributed by atoms with Crippen molar-refractivity contribution < 1.29 is 18.0 Å². The fourth-order valence-corrected chi connectivity index (χ4v) is 3.24. The molecule has 0 radical (unpaired) electrons. The Labute approximate surface area is 140 Å². The highest BCUT2D eigenvalue weighted by Crippen LogP contribution is 2.22. The van der Waals surface area contributed by atoms with Crippen molar-refractivity contribution in [2.24, 2.45) is 13.0 Å². The smallest absolute Gasteiger partial charge is 0.356 e. The van der Waals surface area contributed by atoms with Gasteiger partial charge in [0.15, 0.2) is 0 Å². The van der Waals surface area contributed by atoms with E-state index in [1.165, 1.54) is 4.90 Å². The summed E-state index contributed by atoms with van der Waals surface area (Å²) in [6.07, 6.45) is -2.50. The third-order valence-corrected chi connectivity index (χ3v) is 4.69. The van der Waals surface area contributed by atoms with Gasteiger partial charge in [-0.2, -0.15) is 18.3 Å². The van der Waals surface area contributed by atoms with Gasteiger partial charge in [-0.05, 0) is 51.8 Å². The first-order valence-corrected chi connectivity index (χ1v) is 8.23. The third-order valence-electron chi connectivity index (χ3n) is 4.69. The van der Waals surface area contributed by atoms with Gasteiger partial charge in [0.1, 0.15) is 0 Å². The van der Waals surface area contributed by atoms with Gasteiger partial charge in [-0.3, -0.25) is 14.4 Å². The van der Waals surface area contributed by atoms with E-state index in [9.17, 15) is 18.0 Å². The van der Waals surface area contributed by atoms with Crippen LogP contribution in [0.3, 0.4) is 0 Å². The number of rotatable bonds is 5. The molecule has 0 unspecified atom stereocenters. The van der Waals surface area contributed by atoms with Crippen LogP contribution >= 0.6 is 0 Å². The maximum absolute atomic E-state index is 12.4. The van der Waals surface area contributed by atoms with Crippen LogP contribution in [0.1, 0.15) is 29.8 Å². The molecule has 8 heteroatoms. The summed E-state index contributed by atoms with van der Waals surface area (Å²) < 4.78 is 38.9. The molecule has 5 nitrogen and oxygen atoms in total. The molecule has 2 heterocycles. The lowest BCUT2D eigenvalue weighted by molar-refractivity contribution is -0.149. The van der Waals surface area contributed by atoms with Gasteiger partial charge in [0, 0.05) is 25.2 Å². The molecule has 24 heavy (non-hydrogen) atoms. The molecule has 1 aromatic rings. The van der Waals surface area contributed by atoms with Crippen LogP contribution in [-0.2, 0) is 18.3 Å². The second-order valence-corrected chi connectivity index (χ2v) is 6.48. The van der Waals surface area contributed by atoms with Gasteiger partial charge < -0.3 is 5.32 Å². The lowest BCUT2D eigenvalue weighted by atomic mass is 9.96. The Morgan fingerprint density at radius 2 is 1.92 bits per heavy atom. The summed E-state index contributed by atoms with van der Waals surface area (Å²) in [5, 5.41) is 7.25. The van der Waals surface area contributed by atoms with Crippen molar-refractivity contribution in [1.29, 1.82) is 0 Å². The highest BCUT2D eigenvalue weighted by Gasteiger charge is 2.33. The monoisotopic (exact) mass is 346 g/mol.